The maximum absolute atomic E-state index is 12.0. The maximum Gasteiger partial charge on any atom is 0.320 e. The van der Waals surface area contributed by atoms with Gasteiger partial charge >= 0.3 is 6.03 Å². The Morgan fingerprint density at radius 1 is 1.40 bits per heavy atom. The molecule has 15 heavy (non-hydrogen) atoms. The molecule has 2 N–H and O–H groups in total. The van der Waals surface area contributed by atoms with Gasteiger partial charge in [-0.1, -0.05) is 12.2 Å². The van der Waals surface area contributed by atoms with Crippen LogP contribution < -0.4 is 5.73 Å². The summed E-state index contributed by atoms with van der Waals surface area (Å²) in [6.07, 6.45) is 3.42. The average Bonchev–Trinajstić information content (AvgIpc) is 2.27. The third-order valence-electron chi connectivity index (χ3n) is 2.92. The van der Waals surface area contributed by atoms with Crippen molar-refractivity contribution in [1.82, 2.24) is 9.80 Å². The smallest absolute Gasteiger partial charge is 0.320 e. The molecular formula is C10H19N3OS. The van der Waals surface area contributed by atoms with E-state index in [1.807, 2.05) is 11.8 Å². The van der Waals surface area contributed by atoms with Gasteiger partial charge in [-0.15, -0.1) is 0 Å². The lowest BCUT2D eigenvalue weighted by Crippen LogP contribution is -2.50. The number of amides is 2. The van der Waals surface area contributed by atoms with E-state index in [-0.39, 0.29) is 12.1 Å². The molecule has 0 bridgehead atoms. The van der Waals surface area contributed by atoms with Crippen LogP contribution in [0.4, 0.5) is 4.79 Å². The largest absolute Gasteiger partial charge is 0.392 e. The molecular weight excluding hydrogens is 210 g/mol. The van der Waals surface area contributed by atoms with E-state index in [9.17, 15) is 4.79 Å². The van der Waals surface area contributed by atoms with Gasteiger partial charge in [0.1, 0.15) is 0 Å². The van der Waals surface area contributed by atoms with E-state index in [1.165, 1.54) is 6.42 Å². The molecule has 0 aromatic carbocycles. The third-order valence-corrected chi connectivity index (χ3v) is 3.26. The van der Waals surface area contributed by atoms with Crippen molar-refractivity contribution in [2.75, 3.05) is 20.1 Å². The first-order chi connectivity index (χ1) is 7.04. The molecule has 0 aromatic rings. The van der Waals surface area contributed by atoms with Crippen LogP contribution in [-0.2, 0) is 0 Å². The van der Waals surface area contributed by atoms with Crippen LogP contribution >= 0.6 is 12.2 Å². The number of carbonyl (C=O) groups is 1. The van der Waals surface area contributed by atoms with Crippen LogP contribution in [-0.4, -0.2) is 47.0 Å². The van der Waals surface area contributed by atoms with E-state index >= 15 is 0 Å². The second kappa shape index (κ2) is 5.30. The van der Waals surface area contributed by atoms with Gasteiger partial charge in [0, 0.05) is 20.1 Å². The first-order valence-electron chi connectivity index (χ1n) is 5.35. The van der Waals surface area contributed by atoms with Gasteiger partial charge in [-0.2, -0.15) is 0 Å². The van der Waals surface area contributed by atoms with Gasteiger partial charge in [0.05, 0.1) is 11.0 Å². The Labute approximate surface area is 96.4 Å². The summed E-state index contributed by atoms with van der Waals surface area (Å²) in [6, 6.07) is -0.135. The molecule has 0 radical (unpaired) electrons. The van der Waals surface area contributed by atoms with Crippen molar-refractivity contribution in [2.24, 2.45) is 5.73 Å². The topological polar surface area (TPSA) is 49.6 Å². The van der Waals surface area contributed by atoms with Crippen LogP contribution in [0.5, 0.6) is 0 Å². The monoisotopic (exact) mass is 229 g/mol. The van der Waals surface area contributed by atoms with Crippen molar-refractivity contribution in [2.45, 2.75) is 32.2 Å². The molecule has 0 spiro atoms. The highest BCUT2D eigenvalue weighted by Gasteiger charge is 2.24. The molecule has 1 aliphatic heterocycles. The van der Waals surface area contributed by atoms with Crippen molar-refractivity contribution in [3.63, 3.8) is 0 Å². The highest BCUT2D eigenvalue weighted by molar-refractivity contribution is 7.80. The zero-order valence-electron chi connectivity index (χ0n) is 9.40. The predicted molar refractivity (Wildman–Crippen MR) is 64.8 cm³/mol. The highest BCUT2D eigenvalue weighted by atomic mass is 32.1. The Morgan fingerprint density at radius 2 is 1.93 bits per heavy atom. The first kappa shape index (κ1) is 12.2. The van der Waals surface area contributed by atoms with E-state index < -0.39 is 0 Å². The number of likely N-dealkylation sites (tertiary alicyclic amines) is 1. The van der Waals surface area contributed by atoms with Gasteiger partial charge in [-0.3, -0.25) is 0 Å². The maximum atomic E-state index is 12.0. The highest BCUT2D eigenvalue weighted by Crippen LogP contribution is 2.11. The van der Waals surface area contributed by atoms with Crippen LogP contribution in [0.2, 0.25) is 0 Å². The Balaban J connectivity index is 2.54. The molecule has 0 aliphatic carbocycles. The average molecular weight is 229 g/mol. The van der Waals surface area contributed by atoms with Crippen molar-refractivity contribution in [3.05, 3.63) is 0 Å². The number of rotatable bonds is 2. The molecule has 4 nitrogen and oxygen atoms in total. The van der Waals surface area contributed by atoms with E-state index in [2.05, 4.69) is 0 Å². The van der Waals surface area contributed by atoms with Gasteiger partial charge in [-0.05, 0) is 26.2 Å². The molecule has 1 aliphatic rings. The zero-order chi connectivity index (χ0) is 11.4. The van der Waals surface area contributed by atoms with Crippen molar-refractivity contribution >= 4 is 23.2 Å². The van der Waals surface area contributed by atoms with Gasteiger partial charge in [-0.25, -0.2) is 4.79 Å². The summed E-state index contributed by atoms with van der Waals surface area (Å²) >= 11 is 4.88. The van der Waals surface area contributed by atoms with E-state index in [0.29, 0.717) is 4.99 Å². The van der Waals surface area contributed by atoms with E-state index in [0.717, 1.165) is 25.9 Å². The Morgan fingerprint density at radius 3 is 2.40 bits per heavy atom. The van der Waals surface area contributed by atoms with E-state index in [4.69, 9.17) is 18.0 Å². The molecule has 1 fully saturated rings. The summed E-state index contributed by atoms with van der Waals surface area (Å²) in [5, 5.41) is 0. The molecule has 86 valence electrons. The number of nitrogens with two attached hydrogens (primary N) is 1. The molecule has 0 aromatic heterocycles. The van der Waals surface area contributed by atoms with Gasteiger partial charge in [0.15, 0.2) is 0 Å². The number of urea groups is 1. The van der Waals surface area contributed by atoms with Crippen LogP contribution in [0.25, 0.3) is 0 Å². The summed E-state index contributed by atoms with van der Waals surface area (Å²) in [5.74, 6) is 0. The van der Waals surface area contributed by atoms with Gasteiger partial charge in [0.25, 0.3) is 0 Å². The first-order valence-corrected chi connectivity index (χ1v) is 5.76. The minimum atomic E-state index is -0.172. The van der Waals surface area contributed by atoms with Gasteiger partial charge in [0.2, 0.25) is 0 Å². The summed E-state index contributed by atoms with van der Waals surface area (Å²) in [4.78, 5) is 15.8. The van der Waals surface area contributed by atoms with Crippen molar-refractivity contribution in [3.8, 4) is 0 Å². The Hall–Kier alpha value is -0.840. The van der Waals surface area contributed by atoms with E-state index in [1.54, 1.807) is 11.9 Å². The molecule has 1 saturated heterocycles. The quantitative estimate of drug-likeness (QED) is 0.724. The number of hydrogen-bond donors (Lipinski definition) is 1. The summed E-state index contributed by atoms with van der Waals surface area (Å²) < 4.78 is 0. The van der Waals surface area contributed by atoms with Crippen LogP contribution in [0.3, 0.4) is 0 Å². The standard InChI is InChI=1S/C10H19N3OS/c1-8(9(11)15)12(2)10(14)13-6-4-3-5-7-13/h8H,3-7H2,1-2H3,(H2,11,15). The summed E-state index contributed by atoms with van der Waals surface area (Å²) in [5.41, 5.74) is 5.52. The molecule has 1 unspecified atom stereocenters. The van der Waals surface area contributed by atoms with Crippen LogP contribution in [0.15, 0.2) is 0 Å². The fraction of sp³-hybridized carbons (Fsp3) is 0.800. The number of nitrogens with zero attached hydrogens (tertiary/aromatic N) is 2. The van der Waals surface area contributed by atoms with Crippen LogP contribution in [0.1, 0.15) is 26.2 Å². The lowest BCUT2D eigenvalue weighted by Gasteiger charge is -2.33. The number of thiocarbonyl (C=S) groups is 1. The number of hydrogen-bond acceptors (Lipinski definition) is 2. The Kier molecular flexibility index (Phi) is 4.32. The number of carbonyl (C=O) groups excluding carboxylic acids is 1. The summed E-state index contributed by atoms with van der Waals surface area (Å²) in [6.45, 7) is 3.56. The molecule has 1 atom stereocenters. The molecule has 1 rings (SSSR count). The Bertz CT molecular complexity index is 251. The molecule has 1 heterocycles. The second-order valence-corrected chi connectivity index (χ2v) is 4.49. The molecule has 2 amide bonds. The normalized spacial score (nSPS) is 18.4. The lowest BCUT2D eigenvalue weighted by molar-refractivity contribution is 0.149. The predicted octanol–water partition coefficient (Wildman–Crippen LogP) is 1.20. The minimum Gasteiger partial charge on any atom is -0.392 e. The van der Waals surface area contributed by atoms with Gasteiger partial charge < -0.3 is 15.5 Å². The fourth-order valence-electron chi connectivity index (χ4n) is 1.66. The third kappa shape index (κ3) is 3.06. The number of piperidine rings is 1. The molecule has 0 saturated carbocycles. The molecule has 5 heteroatoms. The lowest BCUT2D eigenvalue weighted by atomic mass is 10.1. The SMILES string of the molecule is CC(C(N)=S)N(C)C(=O)N1CCCCC1. The van der Waals surface area contributed by atoms with Crippen LogP contribution in [0, 0.1) is 0 Å². The summed E-state index contributed by atoms with van der Waals surface area (Å²) in [7, 11) is 1.75. The minimum absolute atomic E-state index is 0.0370. The second-order valence-electron chi connectivity index (χ2n) is 4.02. The van der Waals surface area contributed by atoms with Crippen molar-refractivity contribution in [1.29, 1.82) is 0 Å². The number of likely N-dealkylation sites (N-methyl/N-ethyl adjacent to an activating group) is 1. The fourth-order valence-corrected chi connectivity index (χ4v) is 1.82. The zero-order valence-corrected chi connectivity index (χ0v) is 10.2. The van der Waals surface area contributed by atoms with Crippen molar-refractivity contribution < 1.29 is 4.79 Å².